The molecule has 0 spiro atoms. The van der Waals surface area contributed by atoms with Gasteiger partial charge in [0, 0.05) is 22.3 Å². The van der Waals surface area contributed by atoms with Crippen molar-refractivity contribution in [2.45, 2.75) is 143 Å². The van der Waals surface area contributed by atoms with Crippen LogP contribution in [0.15, 0.2) is 33.5 Å². The maximum atomic E-state index is 10.4. The van der Waals surface area contributed by atoms with E-state index in [0.717, 1.165) is 67.6 Å². The minimum Gasteiger partial charge on any atom is -0.393 e. The molecule has 0 aromatic carbocycles. The smallest absolute Gasteiger partial charge is 0.0724 e. The molecular formula is C38H56N2O2. The summed E-state index contributed by atoms with van der Waals surface area (Å²) >= 11 is 0. The Morgan fingerprint density at radius 1 is 0.595 bits per heavy atom. The van der Waals surface area contributed by atoms with Crippen LogP contribution in [0.1, 0.15) is 130 Å². The number of aliphatic hydroxyl groups excluding tert-OH is 2. The van der Waals surface area contributed by atoms with Gasteiger partial charge in [0.15, 0.2) is 0 Å². The third-order valence-electron chi connectivity index (χ3n) is 15.9. The Morgan fingerprint density at radius 3 is 1.83 bits per heavy atom. The summed E-state index contributed by atoms with van der Waals surface area (Å²) in [4.78, 5) is 0. The van der Waals surface area contributed by atoms with Crippen molar-refractivity contribution in [2.75, 3.05) is 0 Å². The van der Waals surface area contributed by atoms with Crippen molar-refractivity contribution in [1.82, 2.24) is 0 Å². The van der Waals surface area contributed by atoms with E-state index in [2.05, 4.69) is 39.8 Å². The SMILES string of the molecule is C[C@]12CC[C@H](O)CC1=CC[C@H]1[C@H]2CC[C@]2(C)/C(=N\N=C3\CC[C@H]4[C@@H]5CCC6=C[C@H](O)CC[C@]6(C)[C@H]5CC[C@]34C)CC[C@H]12. The molecule has 0 radical (unpaired) electrons. The number of nitrogens with zero attached hydrogens (tertiary/aromatic N) is 2. The molecule has 2 N–H and O–H groups in total. The molecule has 0 heterocycles. The molecule has 0 aromatic heterocycles. The average Bonchev–Trinajstić information content (AvgIpc) is 3.48. The molecule has 0 bridgehead atoms. The lowest BCUT2D eigenvalue weighted by atomic mass is 9.47. The van der Waals surface area contributed by atoms with Crippen molar-refractivity contribution in [3.63, 3.8) is 0 Å². The first kappa shape index (κ1) is 28.2. The van der Waals surface area contributed by atoms with Gasteiger partial charge in [0.2, 0.25) is 0 Å². The third kappa shape index (κ3) is 3.85. The topological polar surface area (TPSA) is 65.2 Å². The molecule has 8 rings (SSSR count). The van der Waals surface area contributed by atoms with E-state index in [1.807, 2.05) is 0 Å². The van der Waals surface area contributed by atoms with E-state index in [1.54, 1.807) is 11.1 Å². The Bertz CT molecular complexity index is 1260. The predicted molar refractivity (Wildman–Crippen MR) is 170 cm³/mol. The number of fused-ring (bicyclic) bond motifs is 10. The summed E-state index contributed by atoms with van der Waals surface area (Å²) in [6.07, 6.45) is 23.3. The zero-order chi connectivity index (χ0) is 29.1. The van der Waals surface area contributed by atoms with Crippen LogP contribution in [0.3, 0.4) is 0 Å². The molecule has 4 nitrogen and oxygen atoms in total. The van der Waals surface area contributed by atoms with Crippen LogP contribution >= 0.6 is 0 Å². The van der Waals surface area contributed by atoms with E-state index >= 15 is 0 Å². The van der Waals surface area contributed by atoms with Crippen LogP contribution in [0.5, 0.6) is 0 Å². The molecule has 8 aliphatic rings. The van der Waals surface area contributed by atoms with E-state index in [-0.39, 0.29) is 23.0 Å². The fraction of sp³-hybridized carbons (Fsp3) is 0.842. The summed E-state index contributed by atoms with van der Waals surface area (Å²) in [5.41, 5.74) is 7.02. The van der Waals surface area contributed by atoms with Crippen LogP contribution in [-0.2, 0) is 0 Å². The molecule has 0 saturated heterocycles. The number of aliphatic hydroxyl groups is 2. The van der Waals surface area contributed by atoms with Gasteiger partial charge in [-0.2, -0.15) is 10.2 Å². The maximum Gasteiger partial charge on any atom is 0.0724 e. The van der Waals surface area contributed by atoms with E-state index in [1.165, 1.54) is 82.1 Å². The van der Waals surface area contributed by atoms with Gasteiger partial charge in [-0.25, -0.2) is 0 Å². The molecule has 6 fully saturated rings. The van der Waals surface area contributed by atoms with E-state index in [4.69, 9.17) is 10.2 Å². The summed E-state index contributed by atoms with van der Waals surface area (Å²) in [6.45, 7) is 10.2. The van der Waals surface area contributed by atoms with Crippen LogP contribution in [0.25, 0.3) is 0 Å². The molecule has 0 aromatic rings. The first-order valence-electron chi connectivity index (χ1n) is 18.0. The zero-order valence-electron chi connectivity index (χ0n) is 26.9. The lowest BCUT2D eigenvalue weighted by molar-refractivity contribution is -0.0250. The minimum atomic E-state index is -0.216. The molecule has 4 heteroatoms. The highest BCUT2D eigenvalue weighted by Gasteiger charge is 2.60. The van der Waals surface area contributed by atoms with Crippen molar-refractivity contribution in [1.29, 1.82) is 0 Å². The van der Waals surface area contributed by atoms with E-state index in [0.29, 0.717) is 10.8 Å². The first-order valence-corrected chi connectivity index (χ1v) is 18.0. The van der Waals surface area contributed by atoms with E-state index in [9.17, 15) is 10.2 Å². The number of hydrogen-bond acceptors (Lipinski definition) is 4. The molecule has 42 heavy (non-hydrogen) atoms. The monoisotopic (exact) mass is 572 g/mol. The predicted octanol–water partition coefficient (Wildman–Crippen LogP) is 8.43. The fourth-order valence-electron chi connectivity index (χ4n) is 13.4. The van der Waals surface area contributed by atoms with E-state index < -0.39 is 0 Å². The second-order valence-corrected chi connectivity index (χ2v) is 17.4. The molecular weight excluding hydrogens is 516 g/mol. The van der Waals surface area contributed by atoms with Crippen LogP contribution in [0.4, 0.5) is 0 Å². The fourth-order valence-corrected chi connectivity index (χ4v) is 13.4. The second-order valence-electron chi connectivity index (χ2n) is 17.4. The van der Waals surface area contributed by atoms with Gasteiger partial charge in [-0.1, -0.05) is 51.0 Å². The number of rotatable bonds is 1. The Kier molecular flexibility index (Phi) is 6.47. The van der Waals surface area contributed by atoms with Crippen LogP contribution in [-0.4, -0.2) is 33.8 Å². The molecule has 0 aliphatic heterocycles. The molecule has 0 amide bonds. The van der Waals surface area contributed by atoms with Crippen LogP contribution in [0, 0.1) is 57.2 Å². The molecule has 12 atom stereocenters. The van der Waals surface area contributed by atoms with Gasteiger partial charge in [-0.15, -0.1) is 0 Å². The van der Waals surface area contributed by atoms with Gasteiger partial charge in [-0.3, -0.25) is 0 Å². The van der Waals surface area contributed by atoms with Crippen molar-refractivity contribution < 1.29 is 10.2 Å². The highest BCUT2D eigenvalue weighted by atomic mass is 16.3. The highest BCUT2D eigenvalue weighted by Crippen LogP contribution is 2.66. The lowest BCUT2D eigenvalue weighted by Crippen LogP contribution is -2.50. The van der Waals surface area contributed by atoms with Crippen molar-refractivity contribution in [2.24, 2.45) is 67.4 Å². The standard InChI is InChI=1S/C38H56N2O2/c1-35-17-13-25(41)21-23(35)5-7-27-29-9-11-33(37(29,3)19-15-31(27)35)39-40-34-12-10-30-28-8-6-24-22-26(42)14-18-36(24,2)32(28)16-20-38(30,34)4/h5,22,25-32,41-42H,6-21H2,1-4H3/b39-33-,40-34-/t25-,26+,27+,28-,29+,30-,31+,32-,35-,36-,37-,38-/m0/s1. The summed E-state index contributed by atoms with van der Waals surface area (Å²) in [5, 5.41) is 31.2. The molecule has 6 saturated carbocycles. The summed E-state index contributed by atoms with van der Waals surface area (Å²) < 4.78 is 0. The van der Waals surface area contributed by atoms with Gasteiger partial charge in [0.25, 0.3) is 0 Å². The van der Waals surface area contributed by atoms with Crippen LogP contribution in [0.2, 0.25) is 0 Å². The van der Waals surface area contributed by atoms with Gasteiger partial charge in [0.05, 0.1) is 12.2 Å². The van der Waals surface area contributed by atoms with Gasteiger partial charge in [0.1, 0.15) is 0 Å². The number of hydrogen-bond donors (Lipinski definition) is 2. The Morgan fingerprint density at radius 2 is 1.14 bits per heavy atom. The Labute approximate surface area is 254 Å². The second kappa shape index (κ2) is 9.62. The van der Waals surface area contributed by atoms with Gasteiger partial charge >= 0.3 is 0 Å². The molecule has 8 aliphatic carbocycles. The highest BCUT2D eigenvalue weighted by molar-refractivity contribution is 5.95. The largest absolute Gasteiger partial charge is 0.393 e. The molecule has 0 unspecified atom stereocenters. The molecule has 230 valence electrons. The first-order chi connectivity index (χ1) is 20.1. The summed E-state index contributed by atoms with van der Waals surface area (Å²) in [7, 11) is 0. The Hall–Kier alpha value is -1.26. The van der Waals surface area contributed by atoms with Gasteiger partial charge in [-0.05, 0) is 149 Å². The maximum absolute atomic E-state index is 10.4. The normalized spacial score (nSPS) is 55.1. The minimum absolute atomic E-state index is 0.122. The van der Waals surface area contributed by atoms with Crippen molar-refractivity contribution in [3.05, 3.63) is 23.3 Å². The van der Waals surface area contributed by atoms with Crippen molar-refractivity contribution >= 4 is 11.4 Å². The number of allylic oxidation sites excluding steroid dienone is 2. The Balaban J connectivity index is 1.02. The summed E-state index contributed by atoms with van der Waals surface area (Å²) in [5.74, 6) is 4.61. The van der Waals surface area contributed by atoms with Gasteiger partial charge < -0.3 is 10.2 Å². The summed E-state index contributed by atoms with van der Waals surface area (Å²) in [6, 6.07) is 0. The quantitative estimate of drug-likeness (QED) is 0.245. The average molecular weight is 573 g/mol. The van der Waals surface area contributed by atoms with Crippen molar-refractivity contribution in [3.8, 4) is 0 Å². The zero-order valence-corrected chi connectivity index (χ0v) is 26.9. The lowest BCUT2D eigenvalue weighted by Gasteiger charge is -2.57. The third-order valence-corrected chi connectivity index (χ3v) is 15.9. The van der Waals surface area contributed by atoms with Crippen LogP contribution < -0.4 is 0 Å².